The number of anilines is 1. The quantitative estimate of drug-likeness (QED) is 0.882. The fourth-order valence-corrected chi connectivity index (χ4v) is 2.89. The van der Waals surface area contributed by atoms with Crippen LogP contribution in [0.2, 0.25) is 0 Å². The van der Waals surface area contributed by atoms with Gasteiger partial charge in [-0.05, 0) is 52.4 Å². The number of aryl methyl sites for hydroxylation is 1. The van der Waals surface area contributed by atoms with Crippen molar-refractivity contribution in [2.45, 2.75) is 19.3 Å². The van der Waals surface area contributed by atoms with Gasteiger partial charge in [0.2, 0.25) is 5.91 Å². The Kier molecular flexibility index (Phi) is 3.62. The van der Waals surface area contributed by atoms with Gasteiger partial charge in [0.25, 0.3) is 0 Å². The second kappa shape index (κ2) is 5.41. The van der Waals surface area contributed by atoms with E-state index in [-0.39, 0.29) is 11.8 Å². The highest BCUT2D eigenvalue weighted by atomic mass is 79.9. The lowest BCUT2D eigenvalue weighted by atomic mass is 10.1. The monoisotopic (exact) mass is 329 g/mol. The molecule has 3 heteroatoms. The predicted octanol–water partition coefficient (Wildman–Crippen LogP) is 4.50. The fraction of sp³-hybridized carbons (Fsp3) is 0.235. The molecular weight excluding hydrogens is 314 g/mol. The molecule has 3 rings (SSSR count). The maximum atomic E-state index is 12.3. The van der Waals surface area contributed by atoms with E-state index in [4.69, 9.17) is 0 Å². The second-order valence-corrected chi connectivity index (χ2v) is 6.08. The Labute approximate surface area is 127 Å². The van der Waals surface area contributed by atoms with Crippen LogP contribution < -0.4 is 5.32 Å². The van der Waals surface area contributed by atoms with Crippen molar-refractivity contribution in [1.82, 2.24) is 0 Å². The number of hydrogen-bond donors (Lipinski definition) is 1. The van der Waals surface area contributed by atoms with E-state index in [1.807, 2.05) is 43.3 Å². The second-order valence-electron chi connectivity index (χ2n) is 5.29. The molecule has 1 fully saturated rings. The molecule has 20 heavy (non-hydrogen) atoms. The van der Waals surface area contributed by atoms with Gasteiger partial charge in [-0.1, -0.05) is 42.5 Å². The predicted molar refractivity (Wildman–Crippen MR) is 84.8 cm³/mol. The summed E-state index contributed by atoms with van der Waals surface area (Å²) < 4.78 is 0.963. The lowest BCUT2D eigenvalue weighted by Gasteiger charge is -2.09. The third-order valence-corrected chi connectivity index (χ3v) is 4.86. The number of carbonyl (C=O) groups excluding carboxylic acids is 1. The van der Waals surface area contributed by atoms with E-state index < -0.39 is 0 Å². The summed E-state index contributed by atoms with van der Waals surface area (Å²) in [6.07, 6.45) is 0.944. The summed E-state index contributed by atoms with van der Waals surface area (Å²) in [6.45, 7) is 2.02. The molecule has 0 bridgehead atoms. The van der Waals surface area contributed by atoms with Crippen LogP contribution in [-0.4, -0.2) is 5.91 Å². The van der Waals surface area contributed by atoms with Crippen LogP contribution in [-0.2, 0) is 4.79 Å². The molecule has 1 aliphatic carbocycles. The van der Waals surface area contributed by atoms with Crippen molar-refractivity contribution in [2.24, 2.45) is 5.92 Å². The normalized spacial score (nSPS) is 20.5. The minimum atomic E-state index is 0.102. The highest BCUT2D eigenvalue weighted by Crippen LogP contribution is 2.48. The molecule has 2 nitrogen and oxygen atoms in total. The summed E-state index contributed by atoms with van der Waals surface area (Å²) in [7, 11) is 0. The number of rotatable bonds is 3. The maximum absolute atomic E-state index is 12.3. The Bertz CT molecular complexity index is 639. The van der Waals surface area contributed by atoms with Gasteiger partial charge in [0.15, 0.2) is 0 Å². The lowest BCUT2D eigenvalue weighted by molar-refractivity contribution is -0.117. The maximum Gasteiger partial charge on any atom is 0.228 e. The summed E-state index contributed by atoms with van der Waals surface area (Å²) in [4.78, 5) is 12.3. The van der Waals surface area contributed by atoms with Crippen molar-refractivity contribution >= 4 is 27.5 Å². The SMILES string of the molecule is Cc1cccc(NC(=O)C2CC2c2ccccc2)c1Br. The van der Waals surface area contributed by atoms with Crippen molar-refractivity contribution < 1.29 is 4.79 Å². The van der Waals surface area contributed by atoms with Gasteiger partial charge in [-0.3, -0.25) is 4.79 Å². The van der Waals surface area contributed by atoms with Crippen LogP contribution in [0.5, 0.6) is 0 Å². The van der Waals surface area contributed by atoms with E-state index in [2.05, 4.69) is 33.4 Å². The zero-order valence-electron chi connectivity index (χ0n) is 11.3. The summed E-state index contributed by atoms with van der Waals surface area (Å²) in [5, 5.41) is 3.03. The van der Waals surface area contributed by atoms with Crippen molar-refractivity contribution in [3.05, 3.63) is 64.1 Å². The molecule has 1 aliphatic rings. The molecular formula is C17H16BrNO. The van der Waals surface area contributed by atoms with Gasteiger partial charge < -0.3 is 5.32 Å². The average Bonchev–Trinajstić information content (AvgIpc) is 3.25. The molecule has 1 N–H and O–H groups in total. The van der Waals surface area contributed by atoms with Crippen LogP contribution in [0, 0.1) is 12.8 Å². The van der Waals surface area contributed by atoms with Crippen LogP contribution in [0.4, 0.5) is 5.69 Å². The van der Waals surface area contributed by atoms with Crippen molar-refractivity contribution in [3.8, 4) is 0 Å². The third kappa shape index (κ3) is 2.63. The van der Waals surface area contributed by atoms with E-state index in [0.717, 1.165) is 22.1 Å². The van der Waals surface area contributed by atoms with E-state index in [1.165, 1.54) is 5.56 Å². The standard InChI is InChI=1S/C17H16BrNO/c1-11-6-5-9-15(16(11)18)19-17(20)14-10-13(14)12-7-3-2-4-8-12/h2-9,13-14H,10H2,1H3,(H,19,20). The number of benzene rings is 2. The first-order valence-corrected chi connectivity index (χ1v) is 7.57. The Balaban J connectivity index is 1.69. The molecule has 1 saturated carbocycles. The number of carbonyl (C=O) groups is 1. The van der Waals surface area contributed by atoms with Gasteiger partial charge in [-0.15, -0.1) is 0 Å². The van der Waals surface area contributed by atoms with Crippen LogP contribution in [0.15, 0.2) is 53.0 Å². The Morgan fingerprint density at radius 1 is 1.15 bits per heavy atom. The van der Waals surface area contributed by atoms with Crippen LogP contribution in [0.25, 0.3) is 0 Å². The average molecular weight is 330 g/mol. The fourth-order valence-electron chi connectivity index (χ4n) is 2.52. The molecule has 0 aromatic heterocycles. The van der Waals surface area contributed by atoms with E-state index in [9.17, 15) is 4.79 Å². The van der Waals surface area contributed by atoms with Gasteiger partial charge in [0, 0.05) is 10.4 Å². The first kappa shape index (κ1) is 13.4. The molecule has 0 radical (unpaired) electrons. The van der Waals surface area contributed by atoms with Gasteiger partial charge in [0.1, 0.15) is 0 Å². The van der Waals surface area contributed by atoms with Gasteiger partial charge >= 0.3 is 0 Å². The number of halogens is 1. The number of nitrogens with one attached hydrogen (secondary N) is 1. The number of hydrogen-bond acceptors (Lipinski definition) is 1. The zero-order valence-corrected chi connectivity index (χ0v) is 12.9. The molecule has 0 heterocycles. The minimum Gasteiger partial charge on any atom is -0.325 e. The molecule has 0 saturated heterocycles. The zero-order chi connectivity index (χ0) is 14.1. The van der Waals surface area contributed by atoms with Crippen LogP contribution in [0.1, 0.15) is 23.5 Å². The molecule has 0 spiro atoms. The van der Waals surface area contributed by atoms with Gasteiger partial charge in [-0.25, -0.2) is 0 Å². The highest BCUT2D eigenvalue weighted by molar-refractivity contribution is 9.10. The summed E-state index contributed by atoms with van der Waals surface area (Å²) >= 11 is 3.52. The largest absolute Gasteiger partial charge is 0.325 e. The Hall–Kier alpha value is -1.61. The van der Waals surface area contributed by atoms with Crippen LogP contribution >= 0.6 is 15.9 Å². The van der Waals surface area contributed by atoms with Crippen LogP contribution in [0.3, 0.4) is 0 Å². The molecule has 102 valence electrons. The Morgan fingerprint density at radius 3 is 2.65 bits per heavy atom. The number of amides is 1. The highest BCUT2D eigenvalue weighted by Gasteiger charge is 2.43. The Morgan fingerprint density at radius 2 is 1.90 bits per heavy atom. The molecule has 2 unspecified atom stereocenters. The first-order valence-electron chi connectivity index (χ1n) is 6.77. The van der Waals surface area contributed by atoms with Crippen molar-refractivity contribution in [1.29, 1.82) is 0 Å². The van der Waals surface area contributed by atoms with Crippen molar-refractivity contribution in [2.75, 3.05) is 5.32 Å². The topological polar surface area (TPSA) is 29.1 Å². The lowest BCUT2D eigenvalue weighted by Crippen LogP contribution is -2.15. The van der Waals surface area contributed by atoms with E-state index in [1.54, 1.807) is 0 Å². The van der Waals surface area contributed by atoms with Crippen molar-refractivity contribution in [3.63, 3.8) is 0 Å². The molecule has 1 amide bonds. The molecule has 2 atom stereocenters. The molecule has 0 aliphatic heterocycles. The first-order chi connectivity index (χ1) is 9.66. The van der Waals surface area contributed by atoms with E-state index in [0.29, 0.717) is 5.92 Å². The molecule has 2 aromatic rings. The smallest absolute Gasteiger partial charge is 0.228 e. The van der Waals surface area contributed by atoms with E-state index >= 15 is 0 Å². The summed E-state index contributed by atoms with van der Waals surface area (Å²) in [5.41, 5.74) is 3.24. The van der Waals surface area contributed by atoms with Gasteiger partial charge in [0.05, 0.1) is 5.69 Å². The summed E-state index contributed by atoms with van der Waals surface area (Å²) in [5.74, 6) is 0.592. The minimum absolute atomic E-state index is 0.102. The molecule has 2 aromatic carbocycles. The summed E-state index contributed by atoms with van der Waals surface area (Å²) in [6, 6.07) is 16.2. The van der Waals surface area contributed by atoms with Gasteiger partial charge in [-0.2, -0.15) is 0 Å². The third-order valence-electron chi connectivity index (χ3n) is 3.80.